The number of piperidine rings is 1. The minimum Gasteiger partial charge on any atom is -0.390 e. The lowest BCUT2D eigenvalue weighted by Crippen LogP contribution is -2.75. The van der Waals surface area contributed by atoms with Gasteiger partial charge in [-0.15, -0.1) is 0 Å². The Balaban J connectivity index is 1.24. The van der Waals surface area contributed by atoms with Crippen LogP contribution in [0.3, 0.4) is 0 Å². The highest BCUT2D eigenvalue weighted by molar-refractivity contribution is 8.10. The van der Waals surface area contributed by atoms with Gasteiger partial charge in [0.15, 0.2) is 6.23 Å². The molecule has 208 valence electrons. The fourth-order valence-corrected chi connectivity index (χ4v) is 7.25. The summed E-state index contributed by atoms with van der Waals surface area (Å²) in [5.74, 6) is -0.152. The first-order valence-corrected chi connectivity index (χ1v) is 15.2. The Bertz CT molecular complexity index is 1040. The van der Waals surface area contributed by atoms with Gasteiger partial charge < -0.3 is 15.3 Å². The number of benzene rings is 1. The molecule has 1 aromatic carbocycles. The van der Waals surface area contributed by atoms with Crippen LogP contribution in [0, 0.1) is 5.92 Å². The first kappa shape index (κ1) is 27.9. The van der Waals surface area contributed by atoms with Crippen molar-refractivity contribution in [2.24, 2.45) is 10.9 Å². The number of halogens is 1. The third kappa shape index (κ3) is 5.77. The molecule has 0 bridgehead atoms. The van der Waals surface area contributed by atoms with E-state index in [-0.39, 0.29) is 24.0 Å². The summed E-state index contributed by atoms with van der Waals surface area (Å²) in [7, 11) is 0. The van der Waals surface area contributed by atoms with Crippen molar-refractivity contribution in [1.82, 2.24) is 15.1 Å². The summed E-state index contributed by atoms with van der Waals surface area (Å²) in [6.45, 7) is 4.61. The van der Waals surface area contributed by atoms with Gasteiger partial charge in [-0.1, -0.05) is 56.3 Å². The van der Waals surface area contributed by atoms with Gasteiger partial charge in [0.25, 0.3) is 0 Å². The Morgan fingerprint density at radius 1 is 1.24 bits per heavy atom. The van der Waals surface area contributed by atoms with Gasteiger partial charge in [-0.25, -0.2) is 4.99 Å². The summed E-state index contributed by atoms with van der Waals surface area (Å²) >= 11 is 7.40. The van der Waals surface area contributed by atoms with Gasteiger partial charge in [-0.2, -0.15) is 0 Å². The minimum atomic E-state index is -0.855. The van der Waals surface area contributed by atoms with E-state index in [1.807, 2.05) is 29.2 Å². The van der Waals surface area contributed by atoms with E-state index in [4.69, 9.17) is 20.8 Å². The number of carbonyl (C=O) groups is 2. The molecule has 8 nitrogen and oxygen atoms in total. The van der Waals surface area contributed by atoms with Crippen LogP contribution >= 0.6 is 23.6 Å². The Morgan fingerprint density at radius 3 is 2.71 bits per heavy atom. The van der Waals surface area contributed by atoms with Gasteiger partial charge in [0.05, 0.1) is 18.1 Å². The molecule has 3 fully saturated rings. The van der Waals surface area contributed by atoms with Gasteiger partial charge in [0.2, 0.25) is 11.8 Å². The third-order valence-corrected chi connectivity index (χ3v) is 9.69. The predicted octanol–water partition coefficient (Wildman–Crippen LogP) is 3.99. The zero-order valence-corrected chi connectivity index (χ0v) is 23.7. The number of amides is 2. The molecule has 1 unspecified atom stereocenters. The molecule has 3 aliphatic heterocycles. The maximum Gasteiger partial charge on any atom is 0.248 e. The fraction of sp³-hybridized carbons (Fsp3) is 0.679. The first-order valence-electron chi connectivity index (χ1n) is 14.1. The topological polar surface area (TPSA) is 94.5 Å². The van der Waals surface area contributed by atoms with E-state index < -0.39 is 17.7 Å². The van der Waals surface area contributed by atoms with Gasteiger partial charge in [-0.3, -0.25) is 18.7 Å². The van der Waals surface area contributed by atoms with Crippen LogP contribution in [0.2, 0.25) is 5.02 Å². The monoisotopic (exact) mass is 562 g/mol. The molecule has 1 aromatic rings. The number of nitrogens with one attached hydrogen (secondary N) is 1. The van der Waals surface area contributed by atoms with Crippen LogP contribution < -0.4 is 5.32 Å². The van der Waals surface area contributed by atoms with Crippen LogP contribution in [0.25, 0.3) is 0 Å². The number of likely N-dealkylation sites (tertiary alicyclic amines) is 1. The lowest BCUT2D eigenvalue weighted by molar-refractivity contribution is -0.166. The number of unbranched alkanes of at least 4 members (excludes halogenated alkanes) is 1. The van der Waals surface area contributed by atoms with E-state index in [9.17, 15) is 14.7 Å². The summed E-state index contributed by atoms with van der Waals surface area (Å²) in [5, 5.41) is 15.6. The molecule has 1 saturated carbocycles. The molecule has 3 atom stereocenters. The van der Waals surface area contributed by atoms with E-state index in [2.05, 4.69) is 17.1 Å². The number of rotatable bonds is 8. The van der Waals surface area contributed by atoms with Crippen molar-refractivity contribution in [2.45, 2.75) is 88.6 Å². The lowest BCUT2D eigenvalue weighted by atomic mass is 9.78. The van der Waals surface area contributed by atoms with Crippen LogP contribution in [0.1, 0.15) is 70.3 Å². The zero-order valence-electron chi connectivity index (χ0n) is 22.1. The van der Waals surface area contributed by atoms with E-state index in [0.717, 1.165) is 49.1 Å². The van der Waals surface area contributed by atoms with Gasteiger partial charge in [0, 0.05) is 36.8 Å². The molecular formula is C28H39ClN4O4S. The van der Waals surface area contributed by atoms with E-state index in [1.54, 1.807) is 0 Å². The highest BCUT2D eigenvalue weighted by Crippen LogP contribution is 2.37. The number of hydrogen-bond acceptors (Lipinski definition) is 7. The SMILES string of the molecule is CCCCN1C(=O)[C@@H]([C@H](O)C2CCCCC2)NC(=O)C12CCN(CC1N=C(c3cccc(Cl)c3)SO1)CC2. The predicted molar refractivity (Wildman–Crippen MR) is 150 cm³/mol. The molecule has 5 rings (SSSR count). The fourth-order valence-electron chi connectivity index (χ4n) is 6.37. The Hall–Kier alpha value is -1.65. The number of aliphatic imine (C=N–C) groups is 1. The third-order valence-electron chi connectivity index (χ3n) is 8.64. The quantitative estimate of drug-likeness (QED) is 0.465. The lowest BCUT2D eigenvalue weighted by Gasteiger charge is -2.52. The highest BCUT2D eigenvalue weighted by atomic mass is 35.5. The maximum absolute atomic E-state index is 13.8. The van der Waals surface area contributed by atoms with Crippen molar-refractivity contribution in [2.75, 3.05) is 26.2 Å². The molecule has 2 saturated heterocycles. The molecule has 10 heteroatoms. The number of carbonyl (C=O) groups excluding carboxylic acids is 2. The second kappa shape index (κ2) is 12.3. The van der Waals surface area contributed by atoms with Gasteiger partial charge in [-0.05, 0) is 50.2 Å². The Labute approximate surface area is 234 Å². The molecule has 0 radical (unpaired) electrons. The highest BCUT2D eigenvalue weighted by Gasteiger charge is 2.55. The van der Waals surface area contributed by atoms with Crippen molar-refractivity contribution < 1.29 is 18.9 Å². The standard InChI is InChI=1S/C28H39ClN4O4S/c1-2-3-14-33-26(35)23(24(34)19-8-5-4-6-9-19)31-27(36)28(33)12-15-32(16-13-28)18-22-30-25(38-37-22)20-10-7-11-21(29)17-20/h7,10-11,17,19,22-24,34H,2-6,8-9,12-16,18H2,1H3,(H,31,36)/t22?,23-,24-/m1/s1. The Kier molecular flexibility index (Phi) is 8.99. The second-order valence-electron chi connectivity index (χ2n) is 11.1. The normalized spacial score (nSPS) is 27.4. The van der Waals surface area contributed by atoms with Crippen LogP contribution in [0.5, 0.6) is 0 Å². The summed E-state index contributed by atoms with van der Waals surface area (Å²) < 4.78 is 5.87. The number of hydrogen-bond donors (Lipinski definition) is 2. The average molecular weight is 563 g/mol. The summed E-state index contributed by atoms with van der Waals surface area (Å²) in [6.07, 6.45) is 6.93. The van der Waals surface area contributed by atoms with Crippen LogP contribution in [-0.2, 0) is 13.8 Å². The second-order valence-corrected chi connectivity index (χ2v) is 12.3. The summed E-state index contributed by atoms with van der Waals surface area (Å²) in [6, 6.07) is 6.75. The number of nitrogens with zero attached hydrogens (tertiary/aromatic N) is 3. The molecule has 0 aromatic heterocycles. The summed E-state index contributed by atoms with van der Waals surface area (Å²) in [4.78, 5) is 36.3. The van der Waals surface area contributed by atoms with Gasteiger partial charge in [0.1, 0.15) is 16.6 Å². The van der Waals surface area contributed by atoms with Gasteiger partial charge >= 0.3 is 0 Å². The Morgan fingerprint density at radius 2 is 2.00 bits per heavy atom. The first-order chi connectivity index (χ1) is 18.4. The van der Waals surface area contributed by atoms with Crippen molar-refractivity contribution in [1.29, 1.82) is 0 Å². The number of piperazine rings is 1. The minimum absolute atomic E-state index is 0.0727. The number of aliphatic hydroxyl groups excluding tert-OH is 1. The summed E-state index contributed by atoms with van der Waals surface area (Å²) in [5.41, 5.74) is 0.0861. The van der Waals surface area contributed by atoms with Crippen molar-refractivity contribution in [3.05, 3.63) is 34.9 Å². The molecule has 2 N–H and O–H groups in total. The zero-order chi connectivity index (χ0) is 26.7. The molecule has 1 spiro atoms. The van der Waals surface area contributed by atoms with Crippen LogP contribution in [0.4, 0.5) is 0 Å². The average Bonchev–Trinajstić information content (AvgIpc) is 3.40. The smallest absolute Gasteiger partial charge is 0.248 e. The van der Waals surface area contributed by atoms with E-state index in [0.29, 0.717) is 44.0 Å². The largest absolute Gasteiger partial charge is 0.390 e. The molecule has 4 aliphatic rings. The molecular weight excluding hydrogens is 524 g/mol. The number of aliphatic hydroxyl groups is 1. The van der Waals surface area contributed by atoms with Crippen LogP contribution in [0.15, 0.2) is 29.3 Å². The molecule has 2 amide bonds. The van der Waals surface area contributed by atoms with Crippen molar-refractivity contribution in [3.63, 3.8) is 0 Å². The molecule has 38 heavy (non-hydrogen) atoms. The van der Waals surface area contributed by atoms with Crippen molar-refractivity contribution >= 4 is 40.5 Å². The van der Waals surface area contributed by atoms with E-state index >= 15 is 0 Å². The molecule has 1 aliphatic carbocycles. The maximum atomic E-state index is 13.8. The van der Waals surface area contributed by atoms with E-state index in [1.165, 1.54) is 18.5 Å². The molecule has 3 heterocycles. The van der Waals surface area contributed by atoms with Crippen molar-refractivity contribution in [3.8, 4) is 0 Å². The van der Waals surface area contributed by atoms with Crippen LogP contribution in [-0.4, -0.2) is 81.9 Å².